The van der Waals surface area contributed by atoms with Crippen molar-refractivity contribution in [2.24, 2.45) is 0 Å². The van der Waals surface area contributed by atoms with Crippen molar-refractivity contribution in [3.05, 3.63) is 47.4 Å². The van der Waals surface area contributed by atoms with Crippen molar-refractivity contribution in [1.82, 2.24) is 10.2 Å². The first-order chi connectivity index (χ1) is 12.9. The molecule has 2 aliphatic rings. The average Bonchev–Trinajstić information content (AvgIpc) is 3.36. The topological polar surface area (TPSA) is 107 Å². The molecule has 9 heteroatoms. The second-order valence-corrected chi connectivity index (χ2v) is 6.28. The SMILES string of the molecule is COC(=O)c1occc1CN1C(=O)NC(C)(c2ccc3c(c2)OCO3)C1=O. The van der Waals surface area contributed by atoms with E-state index in [1.807, 2.05) is 0 Å². The van der Waals surface area contributed by atoms with E-state index in [1.165, 1.54) is 19.4 Å². The van der Waals surface area contributed by atoms with Gasteiger partial charge >= 0.3 is 12.0 Å². The molecule has 1 unspecified atom stereocenters. The molecule has 27 heavy (non-hydrogen) atoms. The molecule has 0 radical (unpaired) electrons. The van der Waals surface area contributed by atoms with Gasteiger partial charge in [-0.15, -0.1) is 0 Å². The molecule has 0 aliphatic carbocycles. The maximum Gasteiger partial charge on any atom is 0.374 e. The summed E-state index contributed by atoms with van der Waals surface area (Å²) in [5, 5.41) is 2.71. The summed E-state index contributed by atoms with van der Waals surface area (Å²) in [7, 11) is 1.22. The number of carbonyl (C=O) groups excluding carboxylic acids is 3. The van der Waals surface area contributed by atoms with Crippen LogP contribution in [-0.4, -0.2) is 36.7 Å². The number of nitrogens with one attached hydrogen (secondary N) is 1. The predicted octanol–water partition coefficient (Wildman–Crippen LogP) is 1.76. The van der Waals surface area contributed by atoms with Gasteiger partial charge in [-0.2, -0.15) is 0 Å². The number of ether oxygens (including phenoxy) is 3. The Morgan fingerprint density at radius 3 is 2.81 bits per heavy atom. The molecule has 1 aromatic heterocycles. The largest absolute Gasteiger partial charge is 0.463 e. The molecule has 0 bridgehead atoms. The summed E-state index contributed by atoms with van der Waals surface area (Å²) in [6.07, 6.45) is 1.30. The molecule has 0 spiro atoms. The van der Waals surface area contributed by atoms with Crippen molar-refractivity contribution < 1.29 is 33.0 Å². The van der Waals surface area contributed by atoms with E-state index in [0.29, 0.717) is 22.6 Å². The molecule has 0 saturated carbocycles. The molecule has 140 valence electrons. The first kappa shape index (κ1) is 17.0. The molecule has 3 heterocycles. The summed E-state index contributed by atoms with van der Waals surface area (Å²) in [5.74, 6) is -0.0899. The number of methoxy groups -OCH3 is 1. The van der Waals surface area contributed by atoms with Gasteiger partial charge in [-0.05, 0) is 30.7 Å². The molecule has 3 amide bonds. The van der Waals surface area contributed by atoms with Crippen LogP contribution in [0.25, 0.3) is 0 Å². The zero-order valence-electron chi connectivity index (χ0n) is 14.6. The first-order valence-corrected chi connectivity index (χ1v) is 8.13. The third kappa shape index (κ3) is 2.59. The predicted molar refractivity (Wildman–Crippen MR) is 89.0 cm³/mol. The van der Waals surface area contributed by atoms with Crippen molar-refractivity contribution in [3.63, 3.8) is 0 Å². The highest BCUT2D eigenvalue weighted by Crippen LogP contribution is 2.38. The minimum Gasteiger partial charge on any atom is -0.463 e. The van der Waals surface area contributed by atoms with E-state index >= 15 is 0 Å². The number of carbonyl (C=O) groups is 3. The fraction of sp³-hybridized carbons (Fsp3) is 0.278. The van der Waals surface area contributed by atoms with Crippen molar-refractivity contribution >= 4 is 17.9 Å². The van der Waals surface area contributed by atoms with E-state index in [0.717, 1.165) is 4.90 Å². The van der Waals surface area contributed by atoms with Gasteiger partial charge in [0, 0.05) is 5.56 Å². The van der Waals surface area contributed by atoms with Crippen LogP contribution in [0.3, 0.4) is 0 Å². The van der Waals surface area contributed by atoms with Crippen LogP contribution in [0.4, 0.5) is 4.79 Å². The number of amides is 3. The lowest BCUT2D eigenvalue weighted by atomic mass is 9.91. The standard InChI is InChI=1S/C18H16N2O7/c1-18(11-3-4-12-13(7-11)27-9-26-12)16(22)20(17(23)19-18)8-10-5-6-25-14(10)15(21)24-2/h3-7H,8-9H2,1-2H3,(H,19,23). The fourth-order valence-electron chi connectivity index (χ4n) is 3.15. The normalized spacial score (nSPS) is 20.7. The molecular weight excluding hydrogens is 356 g/mol. The van der Waals surface area contributed by atoms with E-state index in [9.17, 15) is 14.4 Å². The van der Waals surface area contributed by atoms with Gasteiger partial charge in [0.05, 0.1) is 19.9 Å². The van der Waals surface area contributed by atoms with Gasteiger partial charge in [0.1, 0.15) is 5.54 Å². The Hall–Kier alpha value is -3.49. The van der Waals surface area contributed by atoms with Gasteiger partial charge < -0.3 is 23.9 Å². The Kier molecular flexibility index (Phi) is 3.79. The molecule has 1 aromatic carbocycles. The minimum absolute atomic E-state index is 0.0465. The first-order valence-electron chi connectivity index (χ1n) is 8.13. The molecule has 1 N–H and O–H groups in total. The molecule has 1 fully saturated rings. The van der Waals surface area contributed by atoms with E-state index in [4.69, 9.17) is 13.9 Å². The number of fused-ring (bicyclic) bond motifs is 1. The quantitative estimate of drug-likeness (QED) is 0.644. The summed E-state index contributed by atoms with van der Waals surface area (Å²) in [6.45, 7) is 1.60. The Bertz CT molecular complexity index is 951. The van der Waals surface area contributed by atoms with Crippen LogP contribution >= 0.6 is 0 Å². The number of benzene rings is 1. The van der Waals surface area contributed by atoms with E-state index < -0.39 is 23.4 Å². The maximum atomic E-state index is 13.0. The minimum atomic E-state index is -1.27. The summed E-state index contributed by atoms with van der Waals surface area (Å²) in [4.78, 5) is 38.3. The highest BCUT2D eigenvalue weighted by molar-refractivity contribution is 6.07. The lowest BCUT2D eigenvalue weighted by molar-refractivity contribution is -0.131. The van der Waals surface area contributed by atoms with Crippen LogP contribution < -0.4 is 14.8 Å². The Balaban J connectivity index is 1.62. The molecule has 4 rings (SSSR count). The highest BCUT2D eigenvalue weighted by atomic mass is 16.7. The molecule has 1 atom stereocenters. The number of esters is 1. The van der Waals surface area contributed by atoms with E-state index in [2.05, 4.69) is 10.1 Å². The van der Waals surface area contributed by atoms with Gasteiger partial charge in [0.2, 0.25) is 12.6 Å². The van der Waals surface area contributed by atoms with Crippen molar-refractivity contribution in [2.75, 3.05) is 13.9 Å². The lowest BCUT2D eigenvalue weighted by Gasteiger charge is -2.22. The number of imide groups is 1. The van der Waals surface area contributed by atoms with Crippen molar-refractivity contribution in [1.29, 1.82) is 0 Å². The molecule has 2 aliphatic heterocycles. The summed E-state index contributed by atoms with van der Waals surface area (Å²) in [5.41, 5.74) is -0.332. The Labute approximate surface area is 153 Å². The van der Waals surface area contributed by atoms with E-state index in [-0.39, 0.29) is 19.1 Å². The smallest absolute Gasteiger partial charge is 0.374 e. The number of urea groups is 1. The molecule has 9 nitrogen and oxygen atoms in total. The van der Waals surface area contributed by atoms with Crippen LogP contribution in [0, 0.1) is 0 Å². The number of furan rings is 1. The Morgan fingerprint density at radius 2 is 2.04 bits per heavy atom. The van der Waals surface area contributed by atoms with Gasteiger partial charge in [0.25, 0.3) is 5.91 Å². The molecule has 1 saturated heterocycles. The number of hydrogen-bond donors (Lipinski definition) is 1. The zero-order valence-corrected chi connectivity index (χ0v) is 14.6. The number of hydrogen-bond acceptors (Lipinski definition) is 7. The second-order valence-electron chi connectivity index (χ2n) is 6.28. The maximum absolute atomic E-state index is 13.0. The summed E-state index contributed by atoms with van der Waals surface area (Å²) < 4.78 is 20.4. The zero-order chi connectivity index (χ0) is 19.2. The third-order valence-corrected chi connectivity index (χ3v) is 4.67. The molecular formula is C18H16N2O7. The van der Waals surface area contributed by atoms with Gasteiger partial charge in [-0.1, -0.05) is 6.07 Å². The van der Waals surface area contributed by atoms with Crippen LogP contribution in [0.1, 0.15) is 28.6 Å². The monoisotopic (exact) mass is 372 g/mol. The van der Waals surface area contributed by atoms with Crippen LogP contribution in [0.5, 0.6) is 11.5 Å². The van der Waals surface area contributed by atoms with Gasteiger partial charge in [-0.3, -0.25) is 9.69 Å². The summed E-state index contributed by atoms with van der Waals surface area (Å²) >= 11 is 0. The van der Waals surface area contributed by atoms with Crippen molar-refractivity contribution in [2.45, 2.75) is 19.0 Å². The van der Waals surface area contributed by atoms with E-state index in [1.54, 1.807) is 25.1 Å². The fourth-order valence-corrected chi connectivity index (χ4v) is 3.15. The Morgan fingerprint density at radius 1 is 1.26 bits per heavy atom. The number of nitrogens with zero attached hydrogens (tertiary/aromatic N) is 1. The van der Waals surface area contributed by atoms with Gasteiger partial charge in [-0.25, -0.2) is 9.59 Å². The molecule has 2 aromatic rings. The average molecular weight is 372 g/mol. The van der Waals surface area contributed by atoms with Crippen molar-refractivity contribution in [3.8, 4) is 11.5 Å². The number of rotatable bonds is 4. The van der Waals surface area contributed by atoms with Gasteiger partial charge in [0.15, 0.2) is 11.5 Å². The summed E-state index contributed by atoms with van der Waals surface area (Å²) in [6, 6.07) is 6.01. The van der Waals surface area contributed by atoms with Crippen LogP contribution in [0.15, 0.2) is 34.9 Å². The third-order valence-electron chi connectivity index (χ3n) is 4.67. The highest BCUT2D eigenvalue weighted by Gasteiger charge is 2.49. The second kappa shape index (κ2) is 6.04. The lowest BCUT2D eigenvalue weighted by Crippen LogP contribution is -2.40. The van der Waals surface area contributed by atoms with Crippen LogP contribution in [-0.2, 0) is 21.6 Å². The van der Waals surface area contributed by atoms with Crippen LogP contribution in [0.2, 0.25) is 0 Å².